The topological polar surface area (TPSA) is 29.9 Å². The molecule has 1 aromatic carbocycles. The van der Waals surface area contributed by atoms with Gasteiger partial charge < -0.3 is 5.32 Å². The molecule has 110 valence electrons. The minimum atomic E-state index is 0.635. The Bertz CT molecular complexity index is 656. The highest BCUT2D eigenvalue weighted by molar-refractivity contribution is 6.32. The van der Waals surface area contributed by atoms with Crippen LogP contribution >= 0.6 is 11.6 Å². The quantitative estimate of drug-likeness (QED) is 0.882. The van der Waals surface area contributed by atoms with E-state index in [1.165, 1.54) is 43.4 Å². The fraction of sp³-hybridized carbons (Fsp3) is 0.471. The molecule has 0 amide bonds. The van der Waals surface area contributed by atoms with Gasteiger partial charge in [0.25, 0.3) is 0 Å². The van der Waals surface area contributed by atoms with Gasteiger partial charge in [-0.2, -0.15) is 5.10 Å². The zero-order valence-electron chi connectivity index (χ0n) is 12.1. The monoisotopic (exact) mass is 301 g/mol. The van der Waals surface area contributed by atoms with Crippen LogP contribution in [-0.4, -0.2) is 16.3 Å². The second kappa shape index (κ2) is 5.38. The van der Waals surface area contributed by atoms with Gasteiger partial charge in [-0.1, -0.05) is 43.0 Å². The summed E-state index contributed by atoms with van der Waals surface area (Å²) in [6.45, 7) is 1.01. The van der Waals surface area contributed by atoms with E-state index in [-0.39, 0.29) is 0 Å². The molecule has 0 unspecified atom stereocenters. The lowest BCUT2D eigenvalue weighted by Crippen LogP contribution is -2.09. The number of para-hydroxylation sites is 1. The predicted octanol–water partition coefficient (Wildman–Crippen LogP) is 4.54. The molecule has 4 rings (SSSR count). The molecule has 1 N–H and O–H groups in total. The summed E-state index contributed by atoms with van der Waals surface area (Å²) < 4.78 is 2.02. The molecule has 0 radical (unpaired) electrons. The zero-order chi connectivity index (χ0) is 14.2. The normalized spacial score (nSPS) is 18.5. The molecule has 1 saturated carbocycles. The first-order valence-electron chi connectivity index (χ1n) is 7.95. The second-order valence-corrected chi connectivity index (χ2v) is 6.49. The van der Waals surface area contributed by atoms with E-state index in [0.29, 0.717) is 5.92 Å². The highest BCUT2D eigenvalue weighted by Gasteiger charge is 2.29. The Balaban J connectivity index is 1.80. The maximum absolute atomic E-state index is 6.37. The molecule has 2 aromatic rings. The Labute approximate surface area is 130 Å². The van der Waals surface area contributed by atoms with Crippen molar-refractivity contribution in [2.45, 2.75) is 44.4 Å². The van der Waals surface area contributed by atoms with Crippen molar-refractivity contribution in [1.29, 1.82) is 0 Å². The van der Waals surface area contributed by atoms with Crippen LogP contribution in [-0.2, 0) is 6.42 Å². The zero-order valence-corrected chi connectivity index (χ0v) is 12.9. The van der Waals surface area contributed by atoms with Crippen molar-refractivity contribution < 1.29 is 0 Å². The Morgan fingerprint density at radius 3 is 2.76 bits per heavy atom. The third-order valence-electron chi connectivity index (χ3n) is 4.75. The second-order valence-electron chi connectivity index (χ2n) is 6.09. The largest absolute Gasteiger partial charge is 0.369 e. The maximum atomic E-state index is 6.37. The molecular formula is C17H20ClN3. The third kappa shape index (κ3) is 2.24. The Morgan fingerprint density at radius 1 is 1.14 bits per heavy atom. The van der Waals surface area contributed by atoms with E-state index < -0.39 is 0 Å². The minimum Gasteiger partial charge on any atom is -0.369 e. The van der Waals surface area contributed by atoms with E-state index in [1.54, 1.807) is 0 Å². The van der Waals surface area contributed by atoms with Crippen molar-refractivity contribution in [2.75, 3.05) is 11.9 Å². The molecule has 2 heterocycles. The van der Waals surface area contributed by atoms with Gasteiger partial charge in [-0.05, 0) is 31.4 Å². The average Bonchev–Trinajstić information content (AvgIpc) is 3.11. The van der Waals surface area contributed by atoms with Crippen LogP contribution < -0.4 is 5.32 Å². The van der Waals surface area contributed by atoms with Gasteiger partial charge in [-0.15, -0.1) is 0 Å². The SMILES string of the molecule is Clc1ccccc1-n1nc(C2CCCCC2)c2c1NCC2. The van der Waals surface area contributed by atoms with Crippen LogP contribution in [0, 0.1) is 0 Å². The number of halogens is 1. The van der Waals surface area contributed by atoms with Gasteiger partial charge in [0.05, 0.1) is 16.4 Å². The Kier molecular flexibility index (Phi) is 3.38. The standard InChI is InChI=1S/C17H20ClN3/c18-14-8-4-5-9-15(14)21-17-13(10-11-19-17)16(20-21)12-6-2-1-3-7-12/h4-5,8-9,12,19H,1-3,6-7,10-11H2. The molecule has 0 spiro atoms. The predicted molar refractivity (Wildman–Crippen MR) is 86.6 cm³/mol. The van der Waals surface area contributed by atoms with Crippen molar-refractivity contribution in [3.05, 3.63) is 40.5 Å². The smallest absolute Gasteiger partial charge is 0.133 e. The van der Waals surface area contributed by atoms with E-state index in [9.17, 15) is 0 Å². The molecule has 0 saturated heterocycles. The highest BCUT2D eigenvalue weighted by atomic mass is 35.5. The van der Waals surface area contributed by atoms with Gasteiger partial charge in [-0.3, -0.25) is 0 Å². The summed E-state index contributed by atoms with van der Waals surface area (Å²) >= 11 is 6.37. The van der Waals surface area contributed by atoms with Crippen molar-refractivity contribution in [2.24, 2.45) is 0 Å². The molecule has 21 heavy (non-hydrogen) atoms. The lowest BCUT2D eigenvalue weighted by molar-refractivity contribution is 0.433. The summed E-state index contributed by atoms with van der Waals surface area (Å²) in [7, 11) is 0. The van der Waals surface area contributed by atoms with Gasteiger partial charge in [0.15, 0.2) is 0 Å². The Morgan fingerprint density at radius 2 is 1.95 bits per heavy atom. The summed E-state index contributed by atoms with van der Waals surface area (Å²) in [5.41, 5.74) is 3.71. The molecular weight excluding hydrogens is 282 g/mol. The van der Waals surface area contributed by atoms with E-state index in [4.69, 9.17) is 16.7 Å². The molecule has 1 aliphatic heterocycles. The van der Waals surface area contributed by atoms with Crippen LogP contribution in [0.2, 0.25) is 5.02 Å². The average molecular weight is 302 g/mol. The third-order valence-corrected chi connectivity index (χ3v) is 5.07. The molecule has 1 aliphatic carbocycles. The Hall–Kier alpha value is -1.48. The van der Waals surface area contributed by atoms with E-state index in [1.807, 2.05) is 28.9 Å². The van der Waals surface area contributed by atoms with E-state index >= 15 is 0 Å². The van der Waals surface area contributed by atoms with Crippen molar-refractivity contribution in [3.8, 4) is 5.69 Å². The van der Waals surface area contributed by atoms with Crippen molar-refractivity contribution in [3.63, 3.8) is 0 Å². The lowest BCUT2D eigenvalue weighted by atomic mass is 9.85. The van der Waals surface area contributed by atoms with E-state index in [0.717, 1.165) is 29.5 Å². The molecule has 0 atom stereocenters. The molecule has 2 aliphatic rings. The van der Waals surface area contributed by atoms with Gasteiger partial charge in [0, 0.05) is 18.0 Å². The van der Waals surface area contributed by atoms with Gasteiger partial charge >= 0.3 is 0 Å². The van der Waals surface area contributed by atoms with Crippen LogP contribution in [0.15, 0.2) is 24.3 Å². The number of aromatic nitrogens is 2. The van der Waals surface area contributed by atoms with Gasteiger partial charge in [0.2, 0.25) is 0 Å². The molecule has 0 bridgehead atoms. The number of anilines is 1. The van der Waals surface area contributed by atoms with E-state index in [2.05, 4.69) is 5.32 Å². The number of rotatable bonds is 2. The summed E-state index contributed by atoms with van der Waals surface area (Å²) in [5.74, 6) is 1.79. The first-order valence-corrected chi connectivity index (χ1v) is 8.33. The van der Waals surface area contributed by atoms with Crippen LogP contribution in [0.4, 0.5) is 5.82 Å². The first-order chi connectivity index (χ1) is 10.3. The fourth-order valence-electron chi connectivity index (χ4n) is 3.70. The number of nitrogens with one attached hydrogen (secondary N) is 1. The first kappa shape index (κ1) is 13.2. The fourth-order valence-corrected chi connectivity index (χ4v) is 3.92. The lowest BCUT2D eigenvalue weighted by Gasteiger charge is -2.20. The van der Waals surface area contributed by atoms with Crippen molar-refractivity contribution in [1.82, 2.24) is 9.78 Å². The summed E-state index contributed by atoms with van der Waals surface area (Å²) in [4.78, 5) is 0. The number of hydrogen-bond donors (Lipinski definition) is 1. The number of nitrogens with zero attached hydrogens (tertiary/aromatic N) is 2. The molecule has 1 aromatic heterocycles. The van der Waals surface area contributed by atoms with Gasteiger partial charge in [-0.25, -0.2) is 4.68 Å². The van der Waals surface area contributed by atoms with Crippen LogP contribution in [0.1, 0.15) is 49.3 Å². The molecule has 3 nitrogen and oxygen atoms in total. The number of hydrogen-bond acceptors (Lipinski definition) is 2. The number of fused-ring (bicyclic) bond motifs is 1. The van der Waals surface area contributed by atoms with Crippen LogP contribution in [0.3, 0.4) is 0 Å². The van der Waals surface area contributed by atoms with Crippen LogP contribution in [0.25, 0.3) is 5.69 Å². The van der Waals surface area contributed by atoms with Crippen molar-refractivity contribution >= 4 is 17.4 Å². The molecule has 4 heteroatoms. The summed E-state index contributed by atoms with van der Waals surface area (Å²) in [6, 6.07) is 7.95. The summed E-state index contributed by atoms with van der Waals surface area (Å²) in [6.07, 6.45) is 7.71. The highest BCUT2D eigenvalue weighted by Crippen LogP contribution is 2.39. The minimum absolute atomic E-state index is 0.635. The van der Waals surface area contributed by atoms with Gasteiger partial charge in [0.1, 0.15) is 5.82 Å². The molecule has 1 fully saturated rings. The van der Waals surface area contributed by atoms with Crippen LogP contribution in [0.5, 0.6) is 0 Å². The summed E-state index contributed by atoms with van der Waals surface area (Å²) in [5, 5.41) is 9.21. The maximum Gasteiger partial charge on any atom is 0.133 e. The number of benzene rings is 1.